The van der Waals surface area contributed by atoms with Crippen LogP contribution in [0, 0.1) is 0 Å². The number of methoxy groups -OCH3 is 2. The Bertz CT molecular complexity index is 1420. The molecule has 3 aromatic carbocycles. The minimum absolute atomic E-state index is 0.0151. The van der Waals surface area contributed by atoms with Gasteiger partial charge in [0.05, 0.1) is 24.8 Å². The van der Waals surface area contributed by atoms with Crippen LogP contribution in [0.1, 0.15) is 38.2 Å². The fourth-order valence-corrected chi connectivity index (χ4v) is 6.35. The number of hydrogen-bond acceptors (Lipinski definition) is 6. The molecule has 0 aliphatic heterocycles. The van der Waals surface area contributed by atoms with E-state index in [2.05, 4.69) is 5.32 Å². The van der Waals surface area contributed by atoms with Crippen LogP contribution >= 0.6 is 0 Å². The number of carbonyl (C=O) groups is 2. The van der Waals surface area contributed by atoms with Crippen LogP contribution in [0.25, 0.3) is 0 Å². The molecule has 1 aliphatic rings. The molecule has 0 unspecified atom stereocenters. The quantitative estimate of drug-likeness (QED) is 0.342. The second-order valence-corrected chi connectivity index (χ2v) is 11.9. The maximum absolute atomic E-state index is 14.0. The molecule has 1 N–H and O–H groups in total. The van der Waals surface area contributed by atoms with Crippen LogP contribution < -0.4 is 19.1 Å². The summed E-state index contributed by atoms with van der Waals surface area (Å²) in [6, 6.07) is 21.0. The Balaban J connectivity index is 1.67. The van der Waals surface area contributed by atoms with Crippen molar-refractivity contribution < 1.29 is 27.5 Å². The first-order valence-electron chi connectivity index (χ1n) is 13.7. The zero-order valence-corrected chi connectivity index (χ0v) is 24.5. The lowest BCUT2D eigenvalue weighted by atomic mass is 10.1. The lowest BCUT2D eigenvalue weighted by molar-refractivity contribution is -0.139. The number of para-hydroxylation sites is 1. The largest absolute Gasteiger partial charge is 0.497 e. The monoisotopic (exact) mass is 579 g/mol. The molecule has 3 aromatic rings. The summed E-state index contributed by atoms with van der Waals surface area (Å²) in [5.74, 6) is 0.351. The Kier molecular flexibility index (Phi) is 9.88. The predicted molar refractivity (Wildman–Crippen MR) is 157 cm³/mol. The number of amides is 2. The maximum atomic E-state index is 14.0. The van der Waals surface area contributed by atoms with E-state index in [4.69, 9.17) is 9.47 Å². The number of nitrogens with one attached hydrogen (secondary N) is 1. The van der Waals surface area contributed by atoms with Crippen molar-refractivity contribution in [3.8, 4) is 11.5 Å². The van der Waals surface area contributed by atoms with Gasteiger partial charge in [-0.1, -0.05) is 43.2 Å². The van der Waals surface area contributed by atoms with E-state index < -0.39 is 28.5 Å². The van der Waals surface area contributed by atoms with E-state index in [9.17, 15) is 18.0 Å². The van der Waals surface area contributed by atoms with Crippen LogP contribution in [0.15, 0.2) is 83.8 Å². The van der Waals surface area contributed by atoms with Crippen LogP contribution in [-0.2, 0) is 26.2 Å². The first kappa shape index (κ1) is 29.9. The van der Waals surface area contributed by atoms with Gasteiger partial charge in [-0.25, -0.2) is 8.42 Å². The van der Waals surface area contributed by atoms with Crippen molar-refractivity contribution in [2.45, 2.75) is 56.1 Å². The molecule has 0 saturated heterocycles. The molecule has 1 atom stereocenters. The number of carbonyl (C=O) groups excluding carboxylic acids is 2. The number of sulfonamides is 1. The highest BCUT2D eigenvalue weighted by Gasteiger charge is 2.33. The topological polar surface area (TPSA) is 105 Å². The van der Waals surface area contributed by atoms with Crippen LogP contribution in [0.3, 0.4) is 0 Å². The normalized spacial score (nSPS) is 14.2. The number of nitrogens with zero attached hydrogens (tertiary/aromatic N) is 2. The number of ether oxygens (including phenoxy) is 2. The summed E-state index contributed by atoms with van der Waals surface area (Å²) in [5, 5.41) is 3.07. The third-order valence-corrected chi connectivity index (χ3v) is 9.11. The molecule has 2 amide bonds. The summed E-state index contributed by atoms with van der Waals surface area (Å²) in [7, 11) is -1.09. The second kappa shape index (κ2) is 13.5. The zero-order valence-electron chi connectivity index (χ0n) is 23.7. The molecule has 4 rings (SSSR count). The zero-order chi connectivity index (χ0) is 29.4. The number of hydrogen-bond donors (Lipinski definition) is 1. The van der Waals surface area contributed by atoms with E-state index in [-0.39, 0.29) is 23.4 Å². The molecular weight excluding hydrogens is 542 g/mol. The van der Waals surface area contributed by atoms with Crippen LogP contribution in [-0.4, -0.2) is 58.0 Å². The summed E-state index contributed by atoms with van der Waals surface area (Å²) >= 11 is 0. The van der Waals surface area contributed by atoms with Gasteiger partial charge in [0.2, 0.25) is 11.8 Å². The highest BCUT2D eigenvalue weighted by molar-refractivity contribution is 7.92. The molecule has 10 heteroatoms. The minimum Gasteiger partial charge on any atom is -0.497 e. The lowest BCUT2D eigenvalue weighted by Gasteiger charge is -2.32. The van der Waals surface area contributed by atoms with E-state index in [1.807, 2.05) is 12.1 Å². The van der Waals surface area contributed by atoms with E-state index in [0.29, 0.717) is 17.2 Å². The Morgan fingerprint density at radius 2 is 1.56 bits per heavy atom. The smallest absolute Gasteiger partial charge is 0.264 e. The summed E-state index contributed by atoms with van der Waals surface area (Å²) in [5.41, 5.74) is 1.09. The molecule has 0 bridgehead atoms. The number of rotatable bonds is 12. The average molecular weight is 580 g/mol. The molecule has 0 spiro atoms. The van der Waals surface area contributed by atoms with E-state index in [1.165, 1.54) is 24.1 Å². The van der Waals surface area contributed by atoms with Crippen molar-refractivity contribution in [1.29, 1.82) is 0 Å². The third kappa shape index (κ3) is 7.38. The van der Waals surface area contributed by atoms with Crippen LogP contribution in [0.2, 0.25) is 0 Å². The fourth-order valence-electron chi connectivity index (χ4n) is 4.94. The molecule has 0 aromatic heterocycles. The standard InChI is InChI=1S/C31H37N3O6S/c1-23(31(36)32-25-11-7-8-12-25)33(21-24-10-9-15-28(20-24)40-3)30(35)22-34(26-13-5-4-6-14-26)41(37,38)29-18-16-27(39-2)17-19-29/h4-6,9-10,13-20,23,25H,7-8,11-12,21-22H2,1-3H3,(H,32,36)/t23-/m1/s1. The highest BCUT2D eigenvalue weighted by atomic mass is 32.2. The first-order valence-corrected chi connectivity index (χ1v) is 15.1. The summed E-state index contributed by atoms with van der Waals surface area (Å²) < 4.78 is 39.4. The first-order chi connectivity index (χ1) is 19.7. The molecule has 9 nitrogen and oxygen atoms in total. The minimum atomic E-state index is -4.15. The van der Waals surface area contributed by atoms with Gasteiger partial charge in [-0.05, 0) is 73.9 Å². The van der Waals surface area contributed by atoms with Crippen molar-refractivity contribution >= 4 is 27.5 Å². The molecule has 0 radical (unpaired) electrons. The van der Waals surface area contributed by atoms with Gasteiger partial charge in [-0.15, -0.1) is 0 Å². The molecule has 1 fully saturated rings. The Morgan fingerprint density at radius 3 is 2.20 bits per heavy atom. The van der Waals surface area contributed by atoms with Gasteiger partial charge >= 0.3 is 0 Å². The Labute approximate surface area is 242 Å². The van der Waals surface area contributed by atoms with E-state index in [1.54, 1.807) is 68.6 Å². The second-order valence-electron chi connectivity index (χ2n) is 10.1. The molecule has 0 heterocycles. The van der Waals surface area contributed by atoms with Crippen LogP contribution in [0.5, 0.6) is 11.5 Å². The van der Waals surface area contributed by atoms with Crippen molar-refractivity contribution in [3.63, 3.8) is 0 Å². The van der Waals surface area contributed by atoms with Crippen LogP contribution in [0.4, 0.5) is 5.69 Å². The fraction of sp³-hybridized carbons (Fsp3) is 0.355. The Morgan fingerprint density at radius 1 is 0.902 bits per heavy atom. The molecule has 1 aliphatic carbocycles. The summed E-state index contributed by atoms with van der Waals surface area (Å²) in [6.07, 6.45) is 3.93. The Hall–Kier alpha value is -4.05. The average Bonchev–Trinajstić information content (AvgIpc) is 3.51. The maximum Gasteiger partial charge on any atom is 0.264 e. The van der Waals surface area contributed by atoms with Gasteiger partial charge in [0.15, 0.2) is 0 Å². The third-order valence-electron chi connectivity index (χ3n) is 7.33. The number of anilines is 1. The van der Waals surface area contributed by atoms with Gasteiger partial charge in [0.1, 0.15) is 24.1 Å². The SMILES string of the molecule is COc1ccc(S(=O)(=O)N(CC(=O)N(Cc2cccc(OC)c2)[C@H](C)C(=O)NC2CCCC2)c2ccccc2)cc1. The van der Waals surface area contributed by atoms with Crippen molar-refractivity contribution in [2.24, 2.45) is 0 Å². The molecule has 218 valence electrons. The van der Waals surface area contributed by atoms with E-state index >= 15 is 0 Å². The molecular formula is C31H37N3O6S. The number of benzene rings is 3. The lowest BCUT2D eigenvalue weighted by Crippen LogP contribution is -2.52. The molecule has 1 saturated carbocycles. The van der Waals surface area contributed by atoms with Gasteiger partial charge in [0.25, 0.3) is 10.0 Å². The summed E-state index contributed by atoms with van der Waals surface area (Å²) in [6.45, 7) is 1.27. The van der Waals surface area contributed by atoms with Gasteiger partial charge in [-0.3, -0.25) is 13.9 Å². The van der Waals surface area contributed by atoms with E-state index in [0.717, 1.165) is 35.6 Å². The van der Waals surface area contributed by atoms with Crippen molar-refractivity contribution in [1.82, 2.24) is 10.2 Å². The van der Waals surface area contributed by atoms with Gasteiger partial charge < -0.3 is 19.7 Å². The highest BCUT2D eigenvalue weighted by Crippen LogP contribution is 2.26. The van der Waals surface area contributed by atoms with Crippen molar-refractivity contribution in [2.75, 3.05) is 25.1 Å². The predicted octanol–water partition coefficient (Wildman–Crippen LogP) is 4.38. The van der Waals surface area contributed by atoms with Gasteiger partial charge in [0, 0.05) is 12.6 Å². The van der Waals surface area contributed by atoms with Crippen molar-refractivity contribution in [3.05, 3.63) is 84.4 Å². The van der Waals surface area contributed by atoms with Gasteiger partial charge in [-0.2, -0.15) is 0 Å². The molecule has 41 heavy (non-hydrogen) atoms. The summed E-state index contributed by atoms with van der Waals surface area (Å²) in [4.78, 5) is 28.8.